The van der Waals surface area contributed by atoms with E-state index in [1.807, 2.05) is 43.3 Å². The third-order valence-corrected chi connectivity index (χ3v) is 8.15. The first-order valence-corrected chi connectivity index (χ1v) is 13.7. The fourth-order valence-corrected chi connectivity index (χ4v) is 5.61. The summed E-state index contributed by atoms with van der Waals surface area (Å²) in [6, 6.07) is 19.5. The topological polar surface area (TPSA) is 108 Å². The minimum Gasteiger partial charge on any atom is -0.366 e. The smallest absolute Gasteiger partial charge is 0.255 e. The Kier molecular flexibility index (Phi) is 6.50. The summed E-state index contributed by atoms with van der Waals surface area (Å²) in [6.07, 6.45) is 5.22. The molecular formula is C33H32N4O3. The fraction of sp³-hybridized carbons (Fsp3) is 0.242. The van der Waals surface area contributed by atoms with E-state index in [-0.39, 0.29) is 11.8 Å². The summed E-state index contributed by atoms with van der Waals surface area (Å²) in [5.74, 6) is 0.0516. The van der Waals surface area contributed by atoms with Crippen LogP contribution in [0.25, 0.3) is 27.6 Å². The number of hydrogen-bond donors (Lipinski definition) is 3. The number of aromatic nitrogens is 1. The van der Waals surface area contributed by atoms with E-state index in [1.165, 1.54) is 18.4 Å². The molecule has 0 unspecified atom stereocenters. The van der Waals surface area contributed by atoms with Crippen LogP contribution in [0.3, 0.4) is 0 Å². The van der Waals surface area contributed by atoms with Crippen LogP contribution >= 0.6 is 0 Å². The van der Waals surface area contributed by atoms with Gasteiger partial charge in [0, 0.05) is 42.3 Å². The Balaban J connectivity index is 1.35. The molecule has 7 nitrogen and oxygen atoms in total. The highest BCUT2D eigenvalue weighted by Gasteiger charge is 2.24. The molecule has 3 amide bonds. The molecule has 2 heterocycles. The third-order valence-electron chi connectivity index (χ3n) is 8.15. The van der Waals surface area contributed by atoms with Crippen LogP contribution in [0, 0.1) is 6.92 Å². The lowest BCUT2D eigenvalue weighted by Gasteiger charge is -2.24. The summed E-state index contributed by atoms with van der Waals surface area (Å²) in [5, 5.41) is 3.96. The van der Waals surface area contributed by atoms with Gasteiger partial charge in [-0.05, 0) is 90.3 Å². The van der Waals surface area contributed by atoms with Gasteiger partial charge in [0.15, 0.2) is 0 Å². The van der Waals surface area contributed by atoms with Crippen LogP contribution in [-0.4, -0.2) is 40.7 Å². The Bertz CT molecular complexity index is 1690. The Morgan fingerprint density at radius 2 is 1.77 bits per heavy atom. The largest absolute Gasteiger partial charge is 0.366 e. The monoisotopic (exact) mass is 532 g/mol. The average molecular weight is 533 g/mol. The van der Waals surface area contributed by atoms with Gasteiger partial charge < -0.3 is 20.9 Å². The van der Waals surface area contributed by atoms with Gasteiger partial charge in [0.2, 0.25) is 5.91 Å². The van der Waals surface area contributed by atoms with E-state index in [0.717, 1.165) is 45.5 Å². The number of aromatic amines is 1. The number of nitrogens with one attached hydrogen (secondary N) is 2. The van der Waals surface area contributed by atoms with Crippen molar-refractivity contribution in [2.45, 2.75) is 39.0 Å². The number of rotatable bonds is 6. The molecule has 0 bridgehead atoms. The summed E-state index contributed by atoms with van der Waals surface area (Å²) in [7, 11) is 0. The van der Waals surface area contributed by atoms with Crippen LogP contribution in [-0.2, 0) is 4.79 Å². The number of fused-ring (bicyclic) bond motifs is 1. The highest BCUT2D eigenvalue weighted by molar-refractivity contribution is 6.11. The van der Waals surface area contributed by atoms with E-state index in [9.17, 15) is 14.4 Å². The van der Waals surface area contributed by atoms with Crippen molar-refractivity contribution in [1.29, 1.82) is 0 Å². The van der Waals surface area contributed by atoms with Crippen molar-refractivity contribution >= 4 is 39.9 Å². The van der Waals surface area contributed by atoms with Crippen LogP contribution < -0.4 is 11.1 Å². The standard InChI is InChI=1S/C33H32N4O3/c1-19-25(4-3-5-29(19)36-33(40)24-10-8-22(9-11-24)21-6-7-21)26-12-13-27(32(34)39)31-28(26)18-30(35-31)23-14-16-37(17-15-23)20(2)38/h3-5,8-14,18,21,35H,6-7,15-17H2,1-2H3,(H2,34,39)(H,36,40). The van der Waals surface area contributed by atoms with Crippen molar-refractivity contribution < 1.29 is 14.4 Å². The molecule has 0 spiro atoms. The van der Waals surface area contributed by atoms with E-state index in [0.29, 0.717) is 35.7 Å². The van der Waals surface area contributed by atoms with Crippen molar-refractivity contribution in [3.63, 3.8) is 0 Å². The number of nitrogens with zero attached hydrogens (tertiary/aromatic N) is 1. The van der Waals surface area contributed by atoms with E-state index < -0.39 is 5.91 Å². The first-order valence-electron chi connectivity index (χ1n) is 13.7. The SMILES string of the molecule is CC(=O)N1CC=C(c2cc3c(-c4cccc(NC(=O)c5ccc(C6CC6)cc5)c4C)ccc(C(N)=O)c3[nH]2)CC1. The predicted molar refractivity (Wildman–Crippen MR) is 158 cm³/mol. The number of benzene rings is 3. The molecule has 1 aliphatic carbocycles. The lowest BCUT2D eigenvalue weighted by molar-refractivity contribution is -0.128. The third kappa shape index (κ3) is 4.79. The fourth-order valence-electron chi connectivity index (χ4n) is 5.61. The lowest BCUT2D eigenvalue weighted by atomic mass is 9.94. The number of H-pyrrole nitrogens is 1. The zero-order valence-corrected chi connectivity index (χ0v) is 22.7. The minimum absolute atomic E-state index is 0.0583. The molecule has 0 atom stereocenters. The molecule has 2 aliphatic rings. The zero-order chi connectivity index (χ0) is 28.0. The van der Waals surface area contributed by atoms with Crippen molar-refractivity contribution in [1.82, 2.24) is 9.88 Å². The Hall–Kier alpha value is -4.65. The molecule has 4 aromatic rings. The molecule has 1 aromatic heterocycles. The van der Waals surface area contributed by atoms with Crippen LogP contribution in [0.15, 0.2) is 66.7 Å². The number of carbonyl (C=O) groups is 3. The maximum atomic E-state index is 13.1. The van der Waals surface area contributed by atoms with Crippen LogP contribution in [0.4, 0.5) is 5.69 Å². The summed E-state index contributed by atoms with van der Waals surface area (Å²) in [4.78, 5) is 42.4. The van der Waals surface area contributed by atoms with Crippen molar-refractivity contribution in [2.24, 2.45) is 5.73 Å². The van der Waals surface area contributed by atoms with Gasteiger partial charge in [-0.15, -0.1) is 0 Å². The molecule has 3 aromatic carbocycles. The molecule has 1 fully saturated rings. The number of hydrogen-bond acceptors (Lipinski definition) is 3. The molecule has 40 heavy (non-hydrogen) atoms. The number of anilines is 1. The van der Waals surface area contributed by atoms with Crippen LogP contribution in [0.2, 0.25) is 0 Å². The maximum Gasteiger partial charge on any atom is 0.255 e. The Morgan fingerprint density at radius 1 is 1.00 bits per heavy atom. The van der Waals surface area contributed by atoms with Crippen molar-refractivity contribution in [3.8, 4) is 11.1 Å². The summed E-state index contributed by atoms with van der Waals surface area (Å²) >= 11 is 0. The molecule has 1 aliphatic heterocycles. The van der Waals surface area contributed by atoms with Gasteiger partial charge in [0.1, 0.15) is 0 Å². The lowest BCUT2D eigenvalue weighted by Crippen LogP contribution is -2.32. The van der Waals surface area contributed by atoms with Gasteiger partial charge in [-0.3, -0.25) is 14.4 Å². The minimum atomic E-state index is -0.504. The van der Waals surface area contributed by atoms with Gasteiger partial charge in [-0.1, -0.05) is 36.4 Å². The molecule has 0 saturated heterocycles. The maximum absolute atomic E-state index is 13.1. The molecule has 7 heteroatoms. The number of nitrogens with two attached hydrogens (primary N) is 1. The van der Waals surface area contributed by atoms with Gasteiger partial charge in [0.25, 0.3) is 11.8 Å². The molecule has 0 radical (unpaired) electrons. The van der Waals surface area contributed by atoms with Crippen LogP contribution in [0.5, 0.6) is 0 Å². The number of primary amides is 1. The van der Waals surface area contributed by atoms with Gasteiger partial charge >= 0.3 is 0 Å². The second-order valence-electron chi connectivity index (χ2n) is 10.8. The highest BCUT2D eigenvalue weighted by Crippen LogP contribution is 2.40. The first kappa shape index (κ1) is 25.6. The summed E-state index contributed by atoms with van der Waals surface area (Å²) in [5.41, 5.74) is 14.3. The normalized spacial score (nSPS) is 15.2. The second-order valence-corrected chi connectivity index (χ2v) is 10.8. The molecule has 202 valence electrons. The molecule has 4 N–H and O–H groups in total. The molecule has 6 rings (SSSR count). The van der Waals surface area contributed by atoms with Gasteiger partial charge in [-0.25, -0.2) is 0 Å². The van der Waals surface area contributed by atoms with E-state index in [2.05, 4.69) is 34.6 Å². The van der Waals surface area contributed by atoms with Crippen molar-refractivity contribution in [3.05, 3.63) is 94.7 Å². The zero-order valence-electron chi connectivity index (χ0n) is 22.7. The highest BCUT2D eigenvalue weighted by atomic mass is 16.2. The summed E-state index contributed by atoms with van der Waals surface area (Å²) < 4.78 is 0. The van der Waals surface area contributed by atoms with E-state index in [4.69, 9.17) is 5.73 Å². The first-order chi connectivity index (χ1) is 19.3. The van der Waals surface area contributed by atoms with E-state index in [1.54, 1.807) is 17.9 Å². The molecular weight excluding hydrogens is 500 g/mol. The molecule has 1 saturated carbocycles. The van der Waals surface area contributed by atoms with Gasteiger partial charge in [0.05, 0.1) is 11.1 Å². The van der Waals surface area contributed by atoms with E-state index >= 15 is 0 Å². The van der Waals surface area contributed by atoms with Gasteiger partial charge in [-0.2, -0.15) is 0 Å². The number of carbonyl (C=O) groups excluding carboxylic acids is 3. The van der Waals surface area contributed by atoms with Crippen LogP contribution in [0.1, 0.15) is 69.6 Å². The van der Waals surface area contributed by atoms with Crippen molar-refractivity contribution in [2.75, 3.05) is 18.4 Å². The Morgan fingerprint density at radius 3 is 2.42 bits per heavy atom. The summed E-state index contributed by atoms with van der Waals surface area (Å²) in [6.45, 7) is 4.77. The predicted octanol–water partition coefficient (Wildman–Crippen LogP) is 6.01. The Labute approximate surface area is 233 Å². The quantitative estimate of drug-likeness (QED) is 0.283. The average Bonchev–Trinajstić information content (AvgIpc) is 3.71. The second kappa shape index (κ2) is 10.2. The number of amides is 3.